The molecule has 14 heavy (non-hydrogen) atoms. The fraction of sp³-hybridized carbons (Fsp3) is 0.417. The van der Waals surface area contributed by atoms with E-state index < -0.39 is 0 Å². The molecule has 0 saturated carbocycles. The average molecular weight is 191 g/mol. The zero-order valence-electron chi connectivity index (χ0n) is 8.85. The standard InChI is InChI=1S/C12H15O2/c1-7-4-5-10-6-11(13)8(2)9(3)12(10)14-7/h6,13H,4-5H2,1-3H3. The van der Waals surface area contributed by atoms with E-state index in [2.05, 4.69) is 0 Å². The van der Waals surface area contributed by atoms with Crippen LogP contribution in [-0.4, -0.2) is 5.11 Å². The monoisotopic (exact) mass is 191 g/mol. The maximum Gasteiger partial charge on any atom is 0.146 e. The molecule has 1 aliphatic heterocycles. The van der Waals surface area contributed by atoms with Gasteiger partial charge in [-0.1, -0.05) is 0 Å². The van der Waals surface area contributed by atoms with Gasteiger partial charge in [-0.05, 0) is 56.4 Å². The summed E-state index contributed by atoms with van der Waals surface area (Å²) in [4.78, 5) is 0. The SMILES string of the molecule is C[C]1CCc2cc(O)c(C)c(C)c2O1. The summed E-state index contributed by atoms with van der Waals surface area (Å²) in [5.41, 5.74) is 3.09. The minimum absolute atomic E-state index is 0.379. The van der Waals surface area contributed by atoms with Crippen molar-refractivity contribution in [3.05, 3.63) is 28.9 Å². The summed E-state index contributed by atoms with van der Waals surface area (Å²) in [5, 5.41) is 9.66. The number of phenols is 1. The fourth-order valence-electron chi connectivity index (χ4n) is 1.81. The maximum absolute atomic E-state index is 9.66. The van der Waals surface area contributed by atoms with Gasteiger partial charge in [-0.15, -0.1) is 0 Å². The van der Waals surface area contributed by atoms with Gasteiger partial charge in [-0.25, -0.2) is 0 Å². The third-order valence-electron chi connectivity index (χ3n) is 2.91. The number of phenolic OH excluding ortho intramolecular Hbond substituents is 1. The van der Waals surface area contributed by atoms with Gasteiger partial charge >= 0.3 is 0 Å². The molecule has 0 spiro atoms. The Morgan fingerprint density at radius 2 is 1.86 bits per heavy atom. The Kier molecular flexibility index (Phi) is 2.14. The first kappa shape index (κ1) is 9.38. The Balaban J connectivity index is 2.55. The summed E-state index contributed by atoms with van der Waals surface area (Å²) in [6, 6.07) is 1.82. The third kappa shape index (κ3) is 1.35. The normalized spacial score (nSPS) is 16.2. The van der Waals surface area contributed by atoms with Gasteiger partial charge in [0.15, 0.2) is 0 Å². The van der Waals surface area contributed by atoms with Crippen LogP contribution < -0.4 is 4.74 Å². The van der Waals surface area contributed by atoms with Crippen molar-refractivity contribution in [1.82, 2.24) is 0 Å². The van der Waals surface area contributed by atoms with Crippen LogP contribution in [0.2, 0.25) is 0 Å². The zero-order valence-corrected chi connectivity index (χ0v) is 8.85. The Morgan fingerprint density at radius 3 is 2.57 bits per heavy atom. The molecule has 1 aliphatic rings. The highest BCUT2D eigenvalue weighted by Crippen LogP contribution is 2.38. The van der Waals surface area contributed by atoms with Crippen LogP contribution in [0.15, 0.2) is 6.07 Å². The second-order valence-electron chi connectivity index (χ2n) is 3.94. The highest BCUT2D eigenvalue weighted by atomic mass is 16.5. The molecule has 1 aromatic carbocycles. The molecule has 0 aliphatic carbocycles. The van der Waals surface area contributed by atoms with Gasteiger partial charge in [0.2, 0.25) is 0 Å². The van der Waals surface area contributed by atoms with Gasteiger partial charge in [-0.2, -0.15) is 0 Å². The van der Waals surface area contributed by atoms with Crippen molar-refractivity contribution in [1.29, 1.82) is 0 Å². The van der Waals surface area contributed by atoms with Crippen molar-refractivity contribution in [3.63, 3.8) is 0 Å². The second-order valence-corrected chi connectivity index (χ2v) is 3.94. The number of aryl methyl sites for hydroxylation is 1. The molecule has 1 aromatic rings. The molecule has 75 valence electrons. The lowest BCUT2D eigenvalue weighted by Crippen LogP contribution is -2.13. The number of aromatic hydroxyl groups is 1. The van der Waals surface area contributed by atoms with Gasteiger partial charge in [0.25, 0.3) is 0 Å². The molecule has 2 heteroatoms. The average Bonchev–Trinajstić information content (AvgIpc) is 2.16. The van der Waals surface area contributed by atoms with E-state index in [1.165, 1.54) is 0 Å². The van der Waals surface area contributed by atoms with E-state index in [4.69, 9.17) is 4.74 Å². The highest BCUT2D eigenvalue weighted by Gasteiger charge is 2.21. The largest absolute Gasteiger partial charge is 0.508 e. The summed E-state index contributed by atoms with van der Waals surface area (Å²) in [7, 11) is 0. The molecule has 0 saturated heterocycles. The van der Waals surface area contributed by atoms with Gasteiger partial charge in [0.05, 0.1) is 0 Å². The van der Waals surface area contributed by atoms with Gasteiger partial charge < -0.3 is 9.84 Å². The predicted octanol–water partition coefficient (Wildman–Crippen LogP) is 2.89. The first-order chi connectivity index (χ1) is 6.59. The molecule has 0 bridgehead atoms. The number of ether oxygens (including phenoxy) is 1. The number of benzene rings is 1. The predicted molar refractivity (Wildman–Crippen MR) is 55.4 cm³/mol. The molecule has 1 radical (unpaired) electrons. The van der Waals surface area contributed by atoms with E-state index in [0.717, 1.165) is 41.4 Å². The topological polar surface area (TPSA) is 29.5 Å². The Labute approximate surface area is 84.5 Å². The van der Waals surface area contributed by atoms with E-state index in [0.29, 0.717) is 5.75 Å². The van der Waals surface area contributed by atoms with Crippen molar-refractivity contribution in [2.75, 3.05) is 0 Å². The van der Waals surface area contributed by atoms with E-state index in [-0.39, 0.29) is 0 Å². The lowest BCUT2D eigenvalue weighted by molar-refractivity contribution is 0.292. The Bertz CT molecular complexity index is 369. The molecule has 0 fully saturated rings. The van der Waals surface area contributed by atoms with Gasteiger partial charge in [0.1, 0.15) is 17.6 Å². The molecular weight excluding hydrogens is 176 g/mol. The molecule has 2 rings (SSSR count). The number of hydrogen-bond donors (Lipinski definition) is 1. The molecule has 1 heterocycles. The summed E-state index contributed by atoms with van der Waals surface area (Å²) < 4.78 is 5.70. The highest BCUT2D eigenvalue weighted by molar-refractivity contribution is 5.53. The van der Waals surface area contributed by atoms with Crippen molar-refractivity contribution >= 4 is 0 Å². The van der Waals surface area contributed by atoms with Crippen molar-refractivity contribution in [2.24, 2.45) is 0 Å². The zero-order chi connectivity index (χ0) is 10.3. The van der Waals surface area contributed by atoms with Gasteiger partial charge in [-0.3, -0.25) is 0 Å². The molecule has 0 atom stereocenters. The van der Waals surface area contributed by atoms with Crippen LogP contribution in [0, 0.1) is 20.0 Å². The summed E-state index contributed by atoms with van der Waals surface area (Å²) >= 11 is 0. The Morgan fingerprint density at radius 1 is 1.14 bits per heavy atom. The molecule has 0 aromatic heterocycles. The van der Waals surface area contributed by atoms with Crippen LogP contribution >= 0.6 is 0 Å². The summed E-state index contributed by atoms with van der Waals surface area (Å²) in [6.07, 6.45) is 2.98. The van der Waals surface area contributed by atoms with Crippen LogP contribution in [-0.2, 0) is 6.42 Å². The van der Waals surface area contributed by atoms with E-state index >= 15 is 0 Å². The van der Waals surface area contributed by atoms with Crippen molar-refractivity contribution < 1.29 is 9.84 Å². The lowest BCUT2D eigenvalue weighted by Gasteiger charge is -2.25. The first-order valence-electron chi connectivity index (χ1n) is 4.92. The molecule has 1 N–H and O–H groups in total. The third-order valence-corrected chi connectivity index (χ3v) is 2.91. The van der Waals surface area contributed by atoms with Gasteiger partial charge in [0, 0.05) is 0 Å². The minimum Gasteiger partial charge on any atom is -0.508 e. The summed E-state index contributed by atoms with van der Waals surface area (Å²) in [6.45, 7) is 5.91. The van der Waals surface area contributed by atoms with E-state index in [1.807, 2.05) is 26.8 Å². The molecule has 2 nitrogen and oxygen atoms in total. The fourth-order valence-corrected chi connectivity index (χ4v) is 1.81. The number of fused-ring (bicyclic) bond motifs is 1. The van der Waals surface area contributed by atoms with Crippen LogP contribution in [0.25, 0.3) is 0 Å². The van der Waals surface area contributed by atoms with Crippen LogP contribution in [0.5, 0.6) is 11.5 Å². The minimum atomic E-state index is 0.379. The van der Waals surface area contributed by atoms with Crippen LogP contribution in [0.4, 0.5) is 0 Å². The van der Waals surface area contributed by atoms with E-state index in [9.17, 15) is 5.11 Å². The first-order valence-corrected chi connectivity index (χ1v) is 4.92. The van der Waals surface area contributed by atoms with E-state index in [1.54, 1.807) is 0 Å². The Hall–Kier alpha value is -1.18. The molecular formula is C12H15O2. The van der Waals surface area contributed by atoms with Crippen LogP contribution in [0.1, 0.15) is 30.0 Å². The maximum atomic E-state index is 9.66. The smallest absolute Gasteiger partial charge is 0.146 e. The van der Waals surface area contributed by atoms with Crippen molar-refractivity contribution in [2.45, 2.75) is 33.6 Å². The van der Waals surface area contributed by atoms with Crippen LogP contribution in [0.3, 0.4) is 0 Å². The molecule has 0 unspecified atom stereocenters. The lowest BCUT2D eigenvalue weighted by atomic mass is 9.96. The number of rotatable bonds is 0. The van der Waals surface area contributed by atoms with Crippen molar-refractivity contribution in [3.8, 4) is 11.5 Å². The summed E-state index contributed by atoms with van der Waals surface area (Å²) in [5.74, 6) is 1.33. The number of hydrogen-bond acceptors (Lipinski definition) is 2. The quantitative estimate of drug-likeness (QED) is 0.683. The second kappa shape index (κ2) is 3.19. The molecule has 0 amide bonds.